The summed E-state index contributed by atoms with van der Waals surface area (Å²) in [6.45, 7) is 19.2. The second-order valence-electron chi connectivity index (χ2n) is 6.80. The number of hydrogen-bond acceptors (Lipinski definition) is 3. The molecule has 0 amide bonds. The molecule has 0 spiro atoms. The SMILES string of the molecule is CCOC1(OCC)C[Si](C)(C)[Si](C)(C)OC1(C)C. The maximum absolute atomic E-state index is 6.55. The Hall–Kier alpha value is 0.314. The molecule has 5 heteroatoms. The van der Waals surface area contributed by atoms with E-state index in [-0.39, 0.29) is 5.60 Å². The molecule has 1 aliphatic heterocycles. The molecular formula is C13H30O3Si2. The second kappa shape index (κ2) is 5.01. The van der Waals surface area contributed by atoms with Crippen molar-refractivity contribution in [2.45, 2.75) is 71.3 Å². The van der Waals surface area contributed by atoms with E-state index in [0.717, 1.165) is 6.04 Å². The van der Waals surface area contributed by atoms with Crippen molar-refractivity contribution in [1.82, 2.24) is 0 Å². The van der Waals surface area contributed by atoms with Crippen LogP contribution in [-0.2, 0) is 13.9 Å². The minimum absolute atomic E-state index is 0.364. The molecule has 108 valence electrons. The molecule has 0 aromatic heterocycles. The van der Waals surface area contributed by atoms with Gasteiger partial charge in [-0.3, -0.25) is 0 Å². The molecule has 1 saturated heterocycles. The summed E-state index contributed by atoms with van der Waals surface area (Å²) in [7, 11) is -3.07. The molecule has 0 unspecified atom stereocenters. The molecule has 0 saturated carbocycles. The molecular weight excluding hydrogens is 260 g/mol. The first-order valence-corrected chi connectivity index (χ1v) is 14.1. The molecule has 1 rings (SSSR count). The minimum atomic E-state index is -1.62. The van der Waals surface area contributed by atoms with E-state index in [4.69, 9.17) is 13.9 Å². The van der Waals surface area contributed by atoms with Gasteiger partial charge in [0.25, 0.3) is 0 Å². The zero-order valence-corrected chi connectivity index (χ0v) is 15.3. The second-order valence-corrected chi connectivity index (χ2v) is 21.8. The summed E-state index contributed by atoms with van der Waals surface area (Å²) >= 11 is 0. The van der Waals surface area contributed by atoms with E-state index < -0.39 is 21.2 Å². The fraction of sp³-hybridized carbons (Fsp3) is 1.00. The van der Waals surface area contributed by atoms with Crippen LogP contribution >= 0.6 is 0 Å². The Balaban J connectivity index is 3.17. The molecule has 0 bridgehead atoms. The summed E-state index contributed by atoms with van der Waals surface area (Å²) in [5, 5.41) is 0. The lowest BCUT2D eigenvalue weighted by Crippen LogP contribution is -2.74. The number of hydrogen-bond donors (Lipinski definition) is 0. The largest absolute Gasteiger partial charge is 0.410 e. The summed E-state index contributed by atoms with van der Waals surface area (Å²) in [4.78, 5) is 0. The van der Waals surface area contributed by atoms with Crippen LogP contribution in [0.25, 0.3) is 0 Å². The van der Waals surface area contributed by atoms with Crippen LogP contribution in [0.3, 0.4) is 0 Å². The summed E-state index contributed by atoms with van der Waals surface area (Å²) in [6.07, 6.45) is 0. The third kappa shape index (κ3) is 2.61. The summed E-state index contributed by atoms with van der Waals surface area (Å²) < 4.78 is 18.7. The van der Waals surface area contributed by atoms with Crippen LogP contribution < -0.4 is 0 Å². The summed E-state index contributed by atoms with van der Waals surface area (Å²) in [6, 6.07) is 1.04. The van der Waals surface area contributed by atoms with Crippen LogP contribution in [-0.4, -0.2) is 40.0 Å². The van der Waals surface area contributed by atoms with Gasteiger partial charge in [0.05, 0.1) is 7.59 Å². The van der Waals surface area contributed by atoms with Crippen LogP contribution in [0.15, 0.2) is 0 Å². The molecule has 0 atom stereocenters. The van der Waals surface area contributed by atoms with Gasteiger partial charge in [-0.2, -0.15) is 0 Å². The van der Waals surface area contributed by atoms with E-state index in [1.165, 1.54) is 0 Å². The van der Waals surface area contributed by atoms with Gasteiger partial charge in [0.1, 0.15) is 5.60 Å². The zero-order valence-electron chi connectivity index (χ0n) is 13.3. The Bertz CT molecular complexity index is 295. The van der Waals surface area contributed by atoms with Gasteiger partial charge >= 0.3 is 0 Å². The molecule has 1 heterocycles. The van der Waals surface area contributed by atoms with Crippen molar-refractivity contribution in [3.8, 4) is 0 Å². The van der Waals surface area contributed by atoms with Crippen molar-refractivity contribution in [1.29, 1.82) is 0 Å². The molecule has 0 aromatic rings. The average Bonchev–Trinajstić information content (AvgIpc) is 2.13. The van der Waals surface area contributed by atoms with Gasteiger partial charge in [0.2, 0.25) is 0 Å². The standard InChI is InChI=1S/C13H30O3Si2/c1-9-14-13(15-10-2)11-17(5,6)18(7,8)16-12(13,3)4/h9-11H2,1-8H3. The lowest BCUT2D eigenvalue weighted by molar-refractivity contribution is -0.296. The fourth-order valence-corrected chi connectivity index (χ4v) is 10.3. The van der Waals surface area contributed by atoms with Gasteiger partial charge in [-0.05, 0) is 46.8 Å². The van der Waals surface area contributed by atoms with E-state index in [0.29, 0.717) is 13.2 Å². The van der Waals surface area contributed by atoms with E-state index in [9.17, 15) is 0 Å². The van der Waals surface area contributed by atoms with Crippen LogP contribution in [0.4, 0.5) is 0 Å². The zero-order chi connectivity index (χ0) is 14.2. The van der Waals surface area contributed by atoms with Crippen molar-refractivity contribution >= 4 is 15.4 Å². The van der Waals surface area contributed by atoms with Crippen molar-refractivity contribution in [3.63, 3.8) is 0 Å². The first-order valence-electron chi connectivity index (χ1n) is 7.02. The molecule has 0 aliphatic carbocycles. The first-order chi connectivity index (χ1) is 8.04. The molecule has 1 aliphatic rings. The van der Waals surface area contributed by atoms with Crippen LogP contribution in [0.5, 0.6) is 0 Å². The quantitative estimate of drug-likeness (QED) is 0.585. The Labute approximate surface area is 114 Å². The van der Waals surface area contributed by atoms with Gasteiger partial charge in [-0.1, -0.05) is 13.1 Å². The van der Waals surface area contributed by atoms with E-state index in [2.05, 4.69) is 40.0 Å². The van der Waals surface area contributed by atoms with Crippen molar-refractivity contribution in [2.75, 3.05) is 13.2 Å². The molecule has 0 radical (unpaired) electrons. The smallest absolute Gasteiger partial charge is 0.193 e. The van der Waals surface area contributed by atoms with Crippen molar-refractivity contribution < 1.29 is 13.9 Å². The first kappa shape index (κ1) is 16.4. The van der Waals surface area contributed by atoms with Crippen LogP contribution in [0.2, 0.25) is 32.2 Å². The number of ether oxygens (including phenoxy) is 2. The number of rotatable bonds is 4. The van der Waals surface area contributed by atoms with Gasteiger partial charge in [0.15, 0.2) is 13.6 Å². The maximum Gasteiger partial charge on any atom is 0.193 e. The highest BCUT2D eigenvalue weighted by molar-refractivity contribution is 7.38. The van der Waals surface area contributed by atoms with Crippen molar-refractivity contribution in [3.05, 3.63) is 0 Å². The van der Waals surface area contributed by atoms with Gasteiger partial charge in [0, 0.05) is 13.2 Å². The normalized spacial score (nSPS) is 28.0. The van der Waals surface area contributed by atoms with Gasteiger partial charge in [-0.15, -0.1) is 0 Å². The Kier molecular flexibility index (Phi) is 4.56. The molecule has 0 N–H and O–H groups in total. The molecule has 0 aromatic carbocycles. The highest BCUT2D eigenvalue weighted by Gasteiger charge is 2.63. The minimum Gasteiger partial charge on any atom is -0.410 e. The average molecular weight is 291 g/mol. The molecule has 1 fully saturated rings. The van der Waals surface area contributed by atoms with Crippen molar-refractivity contribution in [2.24, 2.45) is 0 Å². The van der Waals surface area contributed by atoms with Gasteiger partial charge in [-0.25, -0.2) is 0 Å². The third-order valence-electron chi connectivity index (χ3n) is 4.49. The highest BCUT2D eigenvalue weighted by Crippen LogP contribution is 2.47. The monoisotopic (exact) mass is 290 g/mol. The summed E-state index contributed by atoms with van der Waals surface area (Å²) in [5.74, 6) is -0.561. The predicted molar refractivity (Wildman–Crippen MR) is 80.9 cm³/mol. The third-order valence-corrected chi connectivity index (χ3v) is 20.7. The lowest BCUT2D eigenvalue weighted by Gasteiger charge is -2.58. The molecule has 3 nitrogen and oxygen atoms in total. The Morgan fingerprint density at radius 3 is 1.83 bits per heavy atom. The Morgan fingerprint density at radius 2 is 1.44 bits per heavy atom. The molecule has 18 heavy (non-hydrogen) atoms. The topological polar surface area (TPSA) is 27.7 Å². The lowest BCUT2D eigenvalue weighted by atomic mass is 9.98. The van der Waals surface area contributed by atoms with Gasteiger partial charge < -0.3 is 13.9 Å². The van der Waals surface area contributed by atoms with E-state index >= 15 is 0 Å². The van der Waals surface area contributed by atoms with E-state index in [1.807, 2.05) is 13.8 Å². The fourth-order valence-electron chi connectivity index (χ4n) is 2.82. The Morgan fingerprint density at radius 1 is 1.00 bits per heavy atom. The van der Waals surface area contributed by atoms with Crippen LogP contribution in [0, 0.1) is 0 Å². The predicted octanol–water partition coefficient (Wildman–Crippen LogP) is 3.56. The van der Waals surface area contributed by atoms with E-state index in [1.54, 1.807) is 0 Å². The summed E-state index contributed by atoms with van der Waals surface area (Å²) in [5.41, 5.74) is -0.364. The maximum atomic E-state index is 6.55. The van der Waals surface area contributed by atoms with Crippen LogP contribution in [0.1, 0.15) is 27.7 Å². The highest BCUT2D eigenvalue weighted by atomic mass is 29.3.